The van der Waals surface area contributed by atoms with E-state index >= 15 is 0 Å². The van der Waals surface area contributed by atoms with E-state index in [1.54, 1.807) is 12.1 Å². The van der Waals surface area contributed by atoms with Gasteiger partial charge >= 0.3 is 5.88 Å². The van der Waals surface area contributed by atoms with Crippen LogP contribution >= 0.6 is 0 Å². The Balaban J connectivity index is 2.21. The number of hydrogen-bond acceptors (Lipinski definition) is 4. The predicted octanol–water partition coefficient (Wildman–Crippen LogP) is 2.18. The third-order valence-corrected chi connectivity index (χ3v) is 1.60. The highest BCUT2D eigenvalue weighted by atomic mass is 16.6. The maximum absolute atomic E-state index is 10.3. The van der Waals surface area contributed by atoms with Crippen molar-refractivity contribution in [3.05, 3.63) is 52.2 Å². The van der Waals surface area contributed by atoms with Crippen molar-refractivity contribution in [2.24, 2.45) is 0 Å². The Labute approximate surface area is 84.5 Å². The Hall–Kier alpha value is -2.48. The molecule has 0 radical (unpaired) electrons. The van der Waals surface area contributed by atoms with Crippen molar-refractivity contribution in [1.82, 2.24) is 0 Å². The maximum atomic E-state index is 10.3. The summed E-state index contributed by atoms with van der Waals surface area (Å²) in [5, 5.41) is 10.3. The first kappa shape index (κ1) is 9.09. The van der Waals surface area contributed by atoms with Gasteiger partial charge in [-0.1, -0.05) is 0 Å². The molecule has 15 heavy (non-hydrogen) atoms. The molecule has 0 aliphatic carbocycles. The molecule has 2 heterocycles. The van der Waals surface area contributed by atoms with Crippen molar-refractivity contribution in [1.29, 1.82) is 0 Å². The quantitative estimate of drug-likeness (QED) is 0.404. The fourth-order valence-electron chi connectivity index (χ4n) is 0.966. The smallest absolute Gasteiger partial charge is 0.434 e. The Morgan fingerprint density at radius 1 is 1.20 bits per heavy atom. The van der Waals surface area contributed by atoms with Gasteiger partial charge in [0.2, 0.25) is 0 Å². The largest absolute Gasteiger partial charge is 0.456 e. The van der Waals surface area contributed by atoms with Crippen LogP contribution in [0.2, 0.25) is 0 Å². The summed E-state index contributed by atoms with van der Waals surface area (Å²) >= 11 is 0. The Kier molecular flexibility index (Phi) is 2.25. The molecule has 2 aromatic heterocycles. The number of nitrogens with zero attached hydrogens (tertiary/aromatic N) is 1. The fraction of sp³-hybridized carbons (Fsp3) is 0. The molecule has 0 bridgehead atoms. The zero-order valence-corrected chi connectivity index (χ0v) is 7.47. The summed E-state index contributed by atoms with van der Waals surface area (Å²) in [7, 11) is 0. The fourth-order valence-corrected chi connectivity index (χ4v) is 0.966. The van der Waals surface area contributed by atoms with Gasteiger partial charge in [0, 0.05) is 6.07 Å². The molecule has 0 N–H and O–H groups in total. The van der Waals surface area contributed by atoms with Crippen molar-refractivity contribution < 1.29 is 13.8 Å². The number of hydrogen-bond donors (Lipinski definition) is 0. The van der Waals surface area contributed by atoms with E-state index in [9.17, 15) is 10.1 Å². The summed E-state index contributed by atoms with van der Waals surface area (Å²) < 4.78 is 9.79. The van der Waals surface area contributed by atoms with E-state index in [-0.39, 0.29) is 11.6 Å². The standard InChI is InChI=1S/C10H5NO4/c12-11(13)10-6-5-9(15-10)4-3-8-2-1-7-14-8/h1-2,5-7H. The molecule has 0 aromatic carbocycles. The summed E-state index contributed by atoms with van der Waals surface area (Å²) in [5.74, 6) is 5.66. The van der Waals surface area contributed by atoms with Crippen molar-refractivity contribution in [3.8, 4) is 11.8 Å². The maximum Gasteiger partial charge on any atom is 0.434 e. The van der Waals surface area contributed by atoms with Crippen LogP contribution in [0.5, 0.6) is 0 Å². The van der Waals surface area contributed by atoms with Gasteiger partial charge < -0.3 is 8.83 Å². The molecule has 74 valence electrons. The van der Waals surface area contributed by atoms with E-state index in [0.29, 0.717) is 5.76 Å². The second-order valence-corrected chi connectivity index (χ2v) is 2.62. The molecule has 0 atom stereocenters. The van der Waals surface area contributed by atoms with Gasteiger partial charge in [-0.3, -0.25) is 10.1 Å². The normalized spacial score (nSPS) is 9.33. The second kappa shape index (κ2) is 3.72. The summed E-state index contributed by atoms with van der Waals surface area (Å²) in [6, 6.07) is 6.08. The highest BCUT2D eigenvalue weighted by Gasteiger charge is 2.09. The molecule has 2 rings (SSSR count). The van der Waals surface area contributed by atoms with Gasteiger partial charge in [0.1, 0.15) is 4.92 Å². The first-order valence-corrected chi connectivity index (χ1v) is 4.05. The van der Waals surface area contributed by atoms with Gasteiger partial charge in [0.15, 0.2) is 11.5 Å². The summed E-state index contributed by atoms with van der Waals surface area (Å²) in [6.45, 7) is 0. The van der Waals surface area contributed by atoms with Crippen LogP contribution in [0.15, 0.2) is 39.4 Å². The lowest BCUT2D eigenvalue weighted by molar-refractivity contribution is -0.402. The zero-order chi connectivity index (χ0) is 10.7. The van der Waals surface area contributed by atoms with Gasteiger partial charge in [0.25, 0.3) is 0 Å². The molecule has 0 amide bonds. The molecular formula is C10H5NO4. The van der Waals surface area contributed by atoms with E-state index in [1.807, 2.05) is 0 Å². The van der Waals surface area contributed by atoms with Crippen LogP contribution in [0.25, 0.3) is 0 Å². The molecule has 5 heteroatoms. The van der Waals surface area contributed by atoms with Crippen LogP contribution in [0.4, 0.5) is 5.88 Å². The molecule has 0 spiro atoms. The van der Waals surface area contributed by atoms with Gasteiger partial charge in [0.05, 0.1) is 12.3 Å². The predicted molar refractivity (Wildman–Crippen MR) is 50.1 cm³/mol. The molecule has 0 aliphatic rings. The first-order chi connectivity index (χ1) is 7.25. The van der Waals surface area contributed by atoms with Crippen molar-refractivity contribution in [3.63, 3.8) is 0 Å². The Morgan fingerprint density at radius 2 is 2.00 bits per heavy atom. The average molecular weight is 203 g/mol. The minimum Gasteiger partial charge on any atom is -0.456 e. The molecule has 0 saturated heterocycles. The second-order valence-electron chi connectivity index (χ2n) is 2.62. The zero-order valence-electron chi connectivity index (χ0n) is 7.47. The lowest BCUT2D eigenvalue weighted by Crippen LogP contribution is -1.82. The van der Waals surface area contributed by atoms with Crippen LogP contribution in [0.1, 0.15) is 11.5 Å². The minimum atomic E-state index is -0.613. The first-order valence-electron chi connectivity index (χ1n) is 4.05. The molecule has 0 fully saturated rings. The van der Waals surface area contributed by atoms with Gasteiger partial charge in [-0.05, 0) is 24.0 Å². The third-order valence-electron chi connectivity index (χ3n) is 1.60. The van der Waals surface area contributed by atoms with Crippen molar-refractivity contribution in [2.45, 2.75) is 0 Å². The molecule has 0 saturated carbocycles. The topological polar surface area (TPSA) is 69.4 Å². The van der Waals surface area contributed by atoms with Crippen LogP contribution in [-0.4, -0.2) is 4.92 Å². The Bertz CT molecular complexity index is 527. The highest BCUT2D eigenvalue weighted by Crippen LogP contribution is 2.14. The van der Waals surface area contributed by atoms with E-state index < -0.39 is 4.92 Å². The number of nitro groups is 1. The molecule has 0 aliphatic heterocycles. The lowest BCUT2D eigenvalue weighted by atomic mass is 10.4. The summed E-state index contributed by atoms with van der Waals surface area (Å²) in [4.78, 5) is 9.68. The highest BCUT2D eigenvalue weighted by molar-refractivity contribution is 5.35. The number of furan rings is 2. The number of rotatable bonds is 1. The third kappa shape index (κ3) is 2.06. The molecular weight excluding hydrogens is 198 g/mol. The van der Waals surface area contributed by atoms with Crippen LogP contribution < -0.4 is 0 Å². The van der Waals surface area contributed by atoms with Gasteiger partial charge in [-0.2, -0.15) is 0 Å². The minimum absolute atomic E-state index is 0.234. The monoisotopic (exact) mass is 203 g/mol. The van der Waals surface area contributed by atoms with E-state index in [4.69, 9.17) is 8.83 Å². The summed E-state index contributed by atoms with van der Waals surface area (Å²) in [5.41, 5.74) is 0. The Morgan fingerprint density at radius 3 is 2.60 bits per heavy atom. The lowest BCUT2D eigenvalue weighted by Gasteiger charge is -1.80. The van der Waals surface area contributed by atoms with Crippen LogP contribution in [0, 0.1) is 22.0 Å². The SMILES string of the molecule is O=[N+]([O-])c1ccc(C#Cc2ccco2)o1. The van der Waals surface area contributed by atoms with Crippen molar-refractivity contribution >= 4 is 5.88 Å². The van der Waals surface area contributed by atoms with Crippen LogP contribution in [-0.2, 0) is 0 Å². The average Bonchev–Trinajstić information content (AvgIpc) is 2.86. The molecule has 2 aromatic rings. The molecule has 0 unspecified atom stereocenters. The van der Waals surface area contributed by atoms with Crippen molar-refractivity contribution in [2.75, 3.05) is 0 Å². The van der Waals surface area contributed by atoms with Gasteiger partial charge in [-0.15, -0.1) is 0 Å². The van der Waals surface area contributed by atoms with E-state index in [2.05, 4.69) is 11.8 Å². The van der Waals surface area contributed by atoms with E-state index in [1.165, 1.54) is 18.4 Å². The van der Waals surface area contributed by atoms with E-state index in [0.717, 1.165) is 0 Å². The molecule has 5 nitrogen and oxygen atoms in total. The summed E-state index contributed by atoms with van der Waals surface area (Å²) in [6.07, 6.45) is 1.49. The van der Waals surface area contributed by atoms with Gasteiger partial charge in [-0.25, -0.2) is 0 Å². The van der Waals surface area contributed by atoms with Crippen LogP contribution in [0.3, 0.4) is 0 Å².